The maximum atomic E-state index is 11.6. The number of rotatable bonds is 9. The molecule has 1 fully saturated rings. The van der Waals surface area contributed by atoms with E-state index in [9.17, 15) is 4.79 Å². The van der Waals surface area contributed by atoms with Gasteiger partial charge in [0.2, 0.25) is 0 Å². The average molecular weight is 325 g/mol. The van der Waals surface area contributed by atoms with E-state index in [1.807, 2.05) is 25.2 Å². The van der Waals surface area contributed by atoms with Gasteiger partial charge in [-0.25, -0.2) is 0 Å². The normalized spacial score (nSPS) is 28.5. The minimum absolute atomic E-state index is 0.144. The number of carbonyl (C=O) groups excluding carboxylic acids is 1. The number of unbranched alkanes of at least 4 members (excludes halogenated alkanes) is 3. The van der Waals surface area contributed by atoms with Crippen LogP contribution in [0.25, 0.3) is 0 Å². The lowest BCUT2D eigenvalue weighted by molar-refractivity contribution is -0.189. The summed E-state index contributed by atoms with van der Waals surface area (Å²) in [6, 6.07) is 0. The van der Waals surface area contributed by atoms with E-state index in [2.05, 4.69) is 13.0 Å². The molecule has 2 N–H and O–H groups in total. The highest BCUT2D eigenvalue weighted by atomic mass is 16.6. The third kappa shape index (κ3) is 6.85. The topological polar surface area (TPSA) is 70.8 Å². The van der Waals surface area contributed by atoms with E-state index in [4.69, 9.17) is 19.9 Å². The first-order valence-electron chi connectivity index (χ1n) is 8.51. The molecule has 132 valence electrons. The molecule has 4 atom stereocenters. The van der Waals surface area contributed by atoms with Crippen molar-refractivity contribution < 1.29 is 19.0 Å². The lowest BCUT2D eigenvalue weighted by Gasteiger charge is -2.39. The summed E-state index contributed by atoms with van der Waals surface area (Å²) >= 11 is 0. The summed E-state index contributed by atoms with van der Waals surface area (Å²) in [4.78, 5) is 11.6. The van der Waals surface area contributed by atoms with Gasteiger partial charge in [0, 0.05) is 13.0 Å². The Balaban J connectivity index is 2.63. The van der Waals surface area contributed by atoms with Gasteiger partial charge in [-0.1, -0.05) is 51.0 Å². The first-order chi connectivity index (χ1) is 11.1. The van der Waals surface area contributed by atoms with Crippen molar-refractivity contribution in [3.8, 4) is 0 Å². The molecular weight excluding hydrogens is 294 g/mol. The molecule has 0 amide bonds. The van der Waals surface area contributed by atoms with E-state index in [0.717, 1.165) is 6.42 Å². The van der Waals surface area contributed by atoms with Crippen LogP contribution in [0.5, 0.6) is 0 Å². The van der Waals surface area contributed by atoms with Crippen LogP contribution >= 0.6 is 0 Å². The quantitative estimate of drug-likeness (QED) is 0.401. The molecule has 0 unspecified atom stereocenters. The Morgan fingerprint density at radius 2 is 2.09 bits per heavy atom. The molecule has 1 rings (SSSR count). The van der Waals surface area contributed by atoms with Crippen LogP contribution in [0.1, 0.15) is 39.5 Å². The molecule has 0 saturated carbocycles. The molecule has 1 aliphatic rings. The minimum Gasteiger partial charge on any atom is -0.455 e. The van der Waals surface area contributed by atoms with E-state index in [0.29, 0.717) is 6.61 Å². The van der Waals surface area contributed by atoms with Gasteiger partial charge >= 0.3 is 5.97 Å². The van der Waals surface area contributed by atoms with Crippen LogP contribution in [0.15, 0.2) is 24.3 Å². The highest BCUT2D eigenvalue weighted by molar-refractivity contribution is 5.71. The van der Waals surface area contributed by atoms with E-state index in [1.165, 1.54) is 19.3 Å². The molecule has 0 aromatic rings. The lowest BCUT2D eigenvalue weighted by Crippen LogP contribution is -2.52. The summed E-state index contributed by atoms with van der Waals surface area (Å²) in [7, 11) is 1.63. The largest absolute Gasteiger partial charge is 0.455 e. The predicted molar refractivity (Wildman–Crippen MR) is 91.1 cm³/mol. The SMILES string of the molecule is CCCCC/C=C/C=C/[C@@H]1OC[C@H](C)[C@H](OC)[C@H]1OC(=O)CN. The highest BCUT2D eigenvalue weighted by Crippen LogP contribution is 2.26. The van der Waals surface area contributed by atoms with Gasteiger partial charge in [0.05, 0.1) is 13.2 Å². The Labute approximate surface area is 139 Å². The van der Waals surface area contributed by atoms with Crippen LogP contribution in [0, 0.1) is 5.92 Å². The van der Waals surface area contributed by atoms with Gasteiger partial charge in [-0.3, -0.25) is 4.79 Å². The van der Waals surface area contributed by atoms with Gasteiger partial charge in [-0.15, -0.1) is 0 Å². The molecule has 5 heteroatoms. The second-order valence-corrected chi connectivity index (χ2v) is 5.94. The number of carbonyl (C=O) groups is 1. The Hall–Kier alpha value is -1.17. The number of allylic oxidation sites excluding steroid dienone is 3. The van der Waals surface area contributed by atoms with E-state index >= 15 is 0 Å². The fourth-order valence-corrected chi connectivity index (χ4v) is 2.69. The Morgan fingerprint density at radius 3 is 2.74 bits per heavy atom. The second kappa shape index (κ2) is 11.4. The molecule has 1 saturated heterocycles. The zero-order chi connectivity index (χ0) is 17.1. The summed E-state index contributed by atoms with van der Waals surface area (Å²) in [6.45, 7) is 4.64. The molecule has 1 aliphatic heterocycles. The summed E-state index contributed by atoms with van der Waals surface area (Å²) in [6.07, 6.45) is 11.8. The van der Waals surface area contributed by atoms with Crippen LogP contribution < -0.4 is 5.73 Å². The van der Waals surface area contributed by atoms with Gasteiger partial charge in [-0.2, -0.15) is 0 Å². The van der Waals surface area contributed by atoms with Gasteiger partial charge < -0.3 is 19.9 Å². The first-order valence-corrected chi connectivity index (χ1v) is 8.51. The van der Waals surface area contributed by atoms with Crippen LogP contribution in [-0.2, 0) is 19.0 Å². The van der Waals surface area contributed by atoms with Crippen LogP contribution in [-0.4, -0.2) is 44.5 Å². The smallest absolute Gasteiger partial charge is 0.320 e. The molecule has 1 heterocycles. The third-order valence-electron chi connectivity index (χ3n) is 3.99. The number of methoxy groups -OCH3 is 1. The van der Waals surface area contributed by atoms with Crippen molar-refractivity contribution in [2.24, 2.45) is 11.7 Å². The van der Waals surface area contributed by atoms with E-state index < -0.39 is 12.1 Å². The van der Waals surface area contributed by atoms with Crippen molar-refractivity contribution in [2.75, 3.05) is 20.3 Å². The molecule has 0 aromatic carbocycles. The van der Waals surface area contributed by atoms with Gasteiger partial charge in [0.25, 0.3) is 0 Å². The monoisotopic (exact) mass is 325 g/mol. The van der Waals surface area contributed by atoms with E-state index in [1.54, 1.807) is 7.11 Å². The minimum atomic E-state index is -0.468. The maximum Gasteiger partial charge on any atom is 0.320 e. The lowest BCUT2D eigenvalue weighted by atomic mass is 9.93. The van der Waals surface area contributed by atoms with Crippen molar-refractivity contribution in [1.82, 2.24) is 0 Å². The number of ether oxygens (including phenoxy) is 3. The molecule has 0 aromatic heterocycles. The maximum absolute atomic E-state index is 11.6. The first kappa shape index (κ1) is 19.9. The van der Waals surface area contributed by atoms with E-state index in [-0.39, 0.29) is 24.7 Å². The predicted octanol–water partition coefficient (Wildman–Crippen LogP) is 2.60. The van der Waals surface area contributed by atoms with Gasteiger partial charge in [0.15, 0.2) is 6.10 Å². The van der Waals surface area contributed by atoms with Crippen molar-refractivity contribution in [1.29, 1.82) is 0 Å². The number of esters is 1. The summed E-state index contributed by atoms with van der Waals surface area (Å²) in [5.74, 6) is -0.284. The Kier molecular flexibility index (Phi) is 9.83. The van der Waals surface area contributed by atoms with Crippen molar-refractivity contribution >= 4 is 5.97 Å². The standard InChI is InChI=1S/C18H31NO4/c1-4-5-6-7-8-9-10-11-15-18(23-16(20)12-19)17(21-3)14(2)13-22-15/h8-11,14-15,17-18H,4-7,12-13,19H2,1-3H3/b9-8+,11-10+/t14-,15-,17-,18-/m0/s1. The van der Waals surface area contributed by atoms with Crippen LogP contribution in [0.2, 0.25) is 0 Å². The summed E-state index contributed by atoms with van der Waals surface area (Å²) in [5.41, 5.74) is 5.35. The Morgan fingerprint density at radius 1 is 1.30 bits per heavy atom. The van der Waals surface area contributed by atoms with Gasteiger partial charge in [-0.05, 0) is 12.8 Å². The molecule has 0 bridgehead atoms. The average Bonchev–Trinajstić information content (AvgIpc) is 2.55. The van der Waals surface area contributed by atoms with Crippen molar-refractivity contribution in [3.05, 3.63) is 24.3 Å². The van der Waals surface area contributed by atoms with Crippen molar-refractivity contribution in [2.45, 2.75) is 57.8 Å². The third-order valence-corrected chi connectivity index (χ3v) is 3.99. The number of hydrogen-bond acceptors (Lipinski definition) is 5. The zero-order valence-corrected chi connectivity index (χ0v) is 14.6. The number of hydrogen-bond donors (Lipinski definition) is 1. The zero-order valence-electron chi connectivity index (χ0n) is 14.6. The molecular formula is C18H31NO4. The summed E-state index contributed by atoms with van der Waals surface area (Å²) < 4.78 is 16.8. The van der Waals surface area contributed by atoms with Crippen LogP contribution in [0.3, 0.4) is 0 Å². The number of nitrogens with two attached hydrogens (primary N) is 1. The molecule has 0 radical (unpaired) electrons. The molecule has 23 heavy (non-hydrogen) atoms. The van der Waals surface area contributed by atoms with Gasteiger partial charge in [0.1, 0.15) is 12.2 Å². The summed E-state index contributed by atoms with van der Waals surface area (Å²) in [5, 5.41) is 0. The molecule has 5 nitrogen and oxygen atoms in total. The second-order valence-electron chi connectivity index (χ2n) is 5.94. The molecule has 0 aliphatic carbocycles. The molecule has 0 spiro atoms. The Bertz CT molecular complexity index is 394. The van der Waals surface area contributed by atoms with Crippen LogP contribution in [0.4, 0.5) is 0 Å². The fraction of sp³-hybridized carbons (Fsp3) is 0.722. The highest BCUT2D eigenvalue weighted by Gasteiger charge is 2.40. The van der Waals surface area contributed by atoms with Crippen molar-refractivity contribution in [3.63, 3.8) is 0 Å². The fourth-order valence-electron chi connectivity index (χ4n) is 2.69.